The Labute approximate surface area is 165 Å². The van der Waals surface area contributed by atoms with Gasteiger partial charge in [0.15, 0.2) is 6.10 Å². The predicted octanol–water partition coefficient (Wildman–Crippen LogP) is 3.31. The normalized spacial score (nSPS) is 17.0. The van der Waals surface area contributed by atoms with Crippen LogP contribution in [-0.4, -0.2) is 37.2 Å². The summed E-state index contributed by atoms with van der Waals surface area (Å²) in [5.74, 6) is 0.170. The molecule has 6 nitrogen and oxygen atoms in total. The van der Waals surface area contributed by atoms with Crippen LogP contribution in [0.5, 0.6) is 5.75 Å². The van der Waals surface area contributed by atoms with Crippen molar-refractivity contribution in [3.8, 4) is 5.75 Å². The van der Waals surface area contributed by atoms with Crippen molar-refractivity contribution in [2.24, 2.45) is 0 Å². The number of carbonyl (C=O) groups excluding carboxylic acids is 2. The van der Waals surface area contributed by atoms with Gasteiger partial charge in [0.25, 0.3) is 11.8 Å². The standard InChI is InChI=1S/C22H26N2O4/c1-15-8-10-19(11-9-15)28-16(2)21(25)24-18-6-3-5-17(13-18)22(26)23-14-20-7-4-12-27-20/h3,5-6,8-11,13,16,20H,4,7,12,14H2,1-2H3,(H,23,26)(H,24,25). The molecule has 0 bridgehead atoms. The molecule has 2 unspecified atom stereocenters. The first-order chi connectivity index (χ1) is 13.5. The summed E-state index contributed by atoms with van der Waals surface area (Å²) in [4.78, 5) is 24.7. The van der Waals surface area contributed by atoms with Crippen LogP contribution < -0.4 is 15.4 Å². The number of benzene rings is 2. The minimum absolute atomic E-state index is 0.0895. The summed E-state index contributed by atoms with van der Waals surface area (Å²) < 4.78 is 11.2. The summed E-state index contributed by atoms with van der Waals surface area (Å²) in [5, 5.41) is 5.68. The highest BCUT2D eigenvalue weighted by Gasteiger charge is 2.18. The number of hydrogen-bond donors (Lipinski definition) is 2. The maximum Gasteiger partial charge on any atom is 0.265 e. The first-order valence-corrected chi connectivity index (χ1v) is 9.55. The Hall–Kier alpha value is -2.86. The van der Waals surface area contributed by atoms with E-state index in [0.29, 0.717) is 23.5 Å². The monoisotopic (exact) mass is 382 g/mol. The molecule has 1 aliphatic heterocycles. The molecule has 1 fully saturated rings. The molecule has 0 saturated carbocycles. The summed E-state index contributed by atoms with van der Waals surface area (Å²) in [6.07, 6.45) is 1.42. The number of anilines is 1. The average Bonchev–Trinajstić information content (AvgIpc) is 3.21. The van der Waals surface area contributed by atoms with Crippen molar-refractivity contribution in [1.82, 2.24) is 5.32 Å². The van der Waals surface area contributed by atoms with Gasteiger partial charge < -0.3 is 20.1 Å². The molecular weight excluding hydrogens is 356 g/mol. The number of rotatable bonds is 7. The number of ether oxygens (including phenoxy) is 2. The van der Waals surface area contributed by atoms with Crippen LogP contribution in [0.4, 0.5) is 5.69 Å². The Morgan fingerprint density at radius 1 is 1.21 bits per heavy atom. The first-order valence-electron chi connectivity index (χ1n) is 9.55. The fraction of sp³-hybridized carbons (Fsp3) is 0.364. The Balaban J connectivity index is 1.54. The predicted molar refractivity (Wildman–Crippen MR) is 108 cm³/mol. The van der Waals surface area contributed by atoms with E-state index in [2.05, 4.69) is 10.6 Å². The molecule has 2 aromatic carbocycles. The van der Waals surface area contributed by atoms with Crippen molar-refractivity contribution in [2.75, 3.05) is 18.5 Å². The number of amides is 2. The van der Waals surface area contributed by atoms with Crippen molar-refractivity contribution in [2.45, 2.75) is 38.9 Å². The first kappa shape index (κ1) is 19.9. The molecule has 0 aromatic heterocycles. The van der Waals surface area contributed by atoms with Gasteiger partial charge in [0.2, 0.25) is 0 Å². The third-order valence-electron chi connectivity index (χ3n) is 4.61. The third-order valence-corrected chi connectivity index (χ3v) is 4.61. The van der Waals surface area contributed by atoms with E-state index < -0.39 is 6.10 Å². The van der Waals surface area contributed by atoms with Crippen LogP contribution in [0.25, 0.3) is 0 Å². The van der Waals surface area contributed by atoms with Crippen LogP contribution in [0.2, 0.25) is 0 Å². The van der Waals surface area contributed by atoms with Crippen LogP contribution >= 0.6 is 0 Å². The lowest BCUT2D eigenvalue weighted by Crippen LogP contribution is -2.32. The zero-order chi connectivity index (χ0) is 19.9. The molecule has 1 saturated heterocycles. The lowest BCUT2D eigenvalue weighted by atomic mass is 10.1. The Bertz CT molecular complexity index is 814. The fourth-order valence-corrected chi connectivity index (χ4v) is 2.97. The minimum Gasteiger partial charge on any atom is -0.481 e. The van der Waals surface area contributed by atoms with E-state index in [9.17, 15) is 9.59 Å². The van der Waals surface area contributed by atoms with Crippen LogP contribution in [0, 0.1) is 6.92 Å². The van der Waals surface area contributed by atoms with E-state index in [1.54, 1.807) is 31.2 Å². The van der Waals surface area contributed by atoms with Crippen molar-refractivity contribution < 1.29 is 19.1 Å². The lowest BCUT2D eigenvalue weighted by Gasteiger charge is -2.15. The van der Waals surface area contributed by atoms with E-state index in [0.717, 1.165) is 25.0 Å². The van der Waals surface area contributed by atoms with Gasteiger partial charge in [0.05, 0.1) is 6.10 Å². The highest BCUT2D eigenvalue weighted by atomic mass is 16.5. The van der Waals surface area contributed by atoms with E-state index >= 15 is 0 Å². The second-order valence-electron chi connectivity index (χ2n) is 6.99. The second-order valence-corrected chi connectivity index (χ2v) is 6.99. The molecule has 0 radical (unpaired) electrons. The smallest absolute Gasteiger partial charge is 0.265 e. The van der Waals surface area contributed by atoms with Crippen molar-refractivity contribution in [3.63, 3.8) is 0 Å². The number of nitrogens with one attached hydrogen (secondary N) is 2. The molecule has 3 rings (SSSR count). The van der Waals surface area contributed by atoms with Gasteiger partial charge in [-0.05, 0) is 57.0 Å². The number of hydrogen-bond acceptors (Lipinski definition) is 4. The zero-order valence-corrected chi connectivity index (χ0v) is 16.2. The summed E-state index contributed by atoms with van der Waals surface area (Å²) in [6.45, 7) is 4.93. The maximum absolute atomic E-state index is 12.4. The van der Waals surface area contributed by atoms with Gasteiger partial charge in [-0.2, -0.15) is 0 Å². The molecule has 2 aromatic rings. The number of aryl methyl sites for hydroxylation is 1. The quantitative estimate of drug-likeness (QED) is 0.770. The summed E-state index contributed by atoms with van der Waals surface area (Å²) in [7, 11) is 0. The summed E-state index contributed by atoms with van der Waals surface area (Å²) in [5.41, 5.74) is 2.16. The lowest BCUT2D eigenvalue weighted by molar-refractivity contribution is -0.122. The van der Waals surface area contributed by atoms with Gasteiger partial charge in [-0.1, -0.05) is 23.8 Å². The van der Waals surface area contributed by atoms with Gasteiger partial charge in [-0.3, -0.25) is 9.59 Å². The van der Waals surface area contributed by atoms with Crippen LogP contribution in [-0.2, 0) is 9.53 Å². The largest absolute Gasteiger partial charge is 0.481 e. The summed E-state index contributed by atoms with van der Waals surface area (Å²) in [6, 6.07) is 14.4. The molecule has 148 valence electrons. The average molecular weight is 382 g/mol. The Morgan fingerprint density at radius 2 is 2.00 bits per heavy atom. The van der Waals surface area contributed by atoms with Gasteiger partial charge in [0, 0.05) is 24.4 Å². The number of carbonyl (C=O) groups is 2. The van der Waals surface area contributed by atoms with Crippen molar-refractivity contribution in [3.05, 3.63) is 59.7 Å². The van der Waals surface area contributed by atoms with Crippen LogP contribution in [0.3, 0.4) is 0 Å². The summed E-state index contributed by atoms with van der Waals surface area (Å²) >= 11 is 0. The van der Waals surface area contributed by atoms with Crippen LogP contribution in [0.1, 0.15) is 35.7 Å². The SMILES string of the molecule is Cc1ccc(OC(C)C(=O)Nc2cccc(C(=O)NCC3CCCO3)c2)cc1. The van der Waals surface area contributed by atoms with Gasteiger partial charge in [-0.15, -0.1) is 0 Å². The van der Waals surface area contributed by atoms with Gasteiger partial charge in [0.1, 0.15) is 5.75 Å². The third kappa shape index (κ3) is 5.57. The molecule has 2 atom stereocenters. The maximum atomic E-state index is 12.4. The molecular formula is C22H26N2O4. The molecule has 28 heavy (non-hydrogen) atoms. The molecule has 0 aliphatic carbocycles. The zero-order valence-electron chi connectivity index (χ0n) is 16.2. The van der Waals surface area contributed by atoms with Gasteiger partial charge in [-0.25, -0.2) is 0 Å². The molecule has 2 N–H and O–H groups in total. The van der Waals surface area contributed by atoms with E-state index in [1.807, 2.05) is 31.2 Å². The highest BCUT2D eigenvalue weighted by Crippen LogP contribution is 2.16. The minimum atomic E-state index is -0.667. The molecule has 6 heteroatoms. The van der Waals surface area contributed by atoms with E-state index in [-0.39, 0.29) is 17.9 Å². The Morgan fingerprint density at radius 3 is 2.71 bits per heavy atom. The molecule has 2 amide bonds. The molecule has 1 heterocycles. The topological polar surface area (TPSA) is 76.7 Å². The molecule has 1 aliphatic rings. The van der Waals surface area contributed by atoms with E-state index in [1.165, 1.54) is 0 Å². The van der Waals surface area contributed by atoms with Gasteiger partial charge >= 0.3 is 0 Å². The highest BCUT2D eigenvalue weighted by molar-refractivity contribution is 5.98. The van der Waals surface area contributed by atoms with Crippen molar-refractivity contribution >= 4 is 17.5 Å². The second kappa shape index (κ2) is 9.37. The van der Waals surface area contributed by atoms with Crippen molar-refractivity contribution in [1.29, 1.82) is 0 Å². The fourth-order valence-electron chi connectivity index (χ4n) is 2.97. The Kier molecular flexibility index (Phi) is 6.66. The van der Waals surface area contributed by atoms with E-state index in [4.69, 9.17) is 9.47 Å². The molecule has 0 spiro atoms. The van der Waals surface area contributed by atoms with Crippen LogP contribution in [0.15, 0.2) is 48.5 Å².